The van der Waals surface area contributed by atoms with Crippen LogP contribution in [0.15, 0.2) is 47.6 Å². The van der Waals surface area contributed by atoms with E-state index in [2.05, 4.69) is 10.4 Å². The molecule has 1 atom stereocenters. The molecule has 0 unspecified atom stereocenters. The lowest BCUT2D eigenvalue weighted by molar-refractivity contribution is -0.132. The number of nitrogens with zero attached hydrogens (tertiary/aromatic N) is 2. The van der Waals surface area contributed by atoms with Crippen molar-refractivity contribution in [3.8, 4) is 0 Å². The maximum atomic E-state index is 14.4. The summed E-state index contributed by atoms with van der Waals surface area (Å²) in [7, 11) is 0. The predicted molar refractivity (Wildman–Crippen MR) is 99.0 cm³/mol. The summed E-state index contributed by atoms with van der Waals surface area (Å²) in [6.07, 6.45) is 0.703. The number of fused-ring (bicyclic) bond motifs is 2. The van der Waals surface area contributed by atoms with Crippen LogP contribution in [0.25, 0.3) is 0 Å². The monoisotopic (exact) mass is 355 g/mol. The van der Waals surface area contributed by atoms with Gasteiger partial charge in [-0.05, 0) is 25.1 Å². The van der Waals surface area contributed by atoms with E-state index in [-0.39, 0.29) is 11.7 Å². The smallest absolute Gasteiger partial charge is 0.241 e. The van der Waals surface area contributed by atoms with E-state index in [4.69, 9.17) is 0 Å². The normalized spacial score (nSPS) is 21.7. The number of nitrogens with one attached hydrogen (secondary N) is 1. The third kappa shape index (κ3) is 2.52. The summed E-state index contributed by atoms with van der Waals surface area (Å²) in [6, 6.07) is 12.9. The Bertz CT molecular complexity index is 898. The minimum absolute atomic E-state index is 0.146. The second-order valence-corrected chi connectivity index (χ2v) is 7.59. The van der Waals surface area contributed by atoms with E-state index >= 15 is 0 Å². The Labute approximate surface area is 150 Å². The summed E-state index contributed by atoms with van der Waals surface area (Å²) in [6.45, 7) is 4.15. The first kappa shape index (κ1) is 16.1. The van der Waals surface area contributed by atoms with Gasteiger partial charge in [0.15, 0.2) is 0 Å². The standard InChI is InChI=1S/C19H18FN3OS/c1-12-7-8-16(20)14(11-12)18-22-23(13(2)24)19(25-18)9-10-21-17-6-4-3-5-15(17)19/h3-8,11,21H,9-10H2,1-2H3/t19-/m1/s1. The van der Waals surface area contributed by atoms with Crippen LogP contribution >= 0.6 is 11.8 Å². The fourth-order valence-corrected chi connectivity index (χ4v) is 4.89. The van der Waals surface area contributed by atoms with Gasteiger partial charge in [-0.25, -0.2) is 9.40 Å². The van der Waals surface area contributed by atoms with E-state index in [1.807, 2.05) is 31.2 Å². The summed E-state index contributed by atoms with van der Waals surface area (Å²) < 4.78 is 14.4. The third-order valence-corrected chi connectivity index (χ3v) is 6.01. The molecule has 0 fully saturated rings. The summed E-state index contributed by atoms with van der Waals surface area (Å²) >= 11 is 1.46. The Kier molecular flexibility index (Phi) is 3.80. The average molecular weight is 355 g/mol. The Morgan fingerprint density at radius 2 is 2.12 bits per heavy atom. The maximum Gasteiger partial charge on any atom is 0.241 e. The number of carbonyl (C=O) groups excluding carboxylic acids is 1. The number of benzene rings is 2. The number of carbonyl (C=O) groups is 1. The van der Waals surface area contributed by atoms with Gasteiger partial charge in [0.1, 0.15) is 15.7 Å². The Morgan fingerprint density at radius 1 is 1.32 bits per heavy atom. The SMILES string of the molecule is CC(=O)N1N=C(c2cc(C)ccc2F)S[C@@]12CCNc1ccccc12. The van der Waals surface area contributed by atoms with Crippen LogP contribution in [0.1, 0.15) is 30.0 Å². The fourth-order valence-electron chi connectivity index (χ4n) is 3.44. The molecule has 128 valence electrons. The zero-order valence-electron chi connectivity index (χ0n) is 14.0. The van der Waals surface area contributed by atoms with Crippen molar-refractivity contribution in [1.82, 2.24) is 5.01 Å². The first-order chi connectivity index (χ1) is 12.0. The maximum absolute atomic E-state index is 14.4. The zero-order chi connectivity index (χ0) is 17.6. The van der Waals surface area contributed by atoms with Crippen LogP contribution in [-0.4, -0.2) is 22.5 Å². The minimum atomic E-state index is -0.626. The molecule has 1 spiro atoms. The zero-order valence-corrected chi connectivity index (χ0v) is 14.9. The second-order valence-electron chi connectivity index (χ2n) is 6.33. The molecular formula is C19H18FN3OS. The molecule has 0 saturated carbocycles. The molecule has 0 aromatic heterocycles. The molecule has 6 heteroatoms. The topological polar surface area (TPSA) is 44.7 Å². The number of anilines is 1. The summed E-state index contributed by atoms with van der Waals surface area (Å²) in [5.41, 5.74) is 3.41. The molecular weight excluding hydrogens is 337 g/mol. The first-order valence-electron chi connectivity index (χ1n) is 8.19. The number of halogens is 1. The van der Waals surface area contributed by atoms with Crippen LogP contribution in [0.2, 0.25) is 0 Å². The molecule has 2 aromatic carbocycles. The van der Waals surface area contributed by atoms with Gasteiger partial charge in [0.05, 0.1) is 0 Å². The first-order valence-corrected chi connectivity index (χ1v) is 9.01. The molecule has 0 radical (unpaired) electrons. The predicted octanol–water partition coefficient (Wildman–Crippen LogP) is 4.06. The lowest BCUT2D eigenvalue weighted by Gasteiger charge is -2.39. The number of hydrogen-bond donors (Lipinski definition) is 1. The third-order valence-electron chi connectivity index (χ3n) is 4.58. The molecule has 4 nitrogen and oxygen atoms in total. The van der Waals surface area contributed by atoms with Crippen molar-refractivity contribution in [2.75, 3.05) is 11.9 Å². The summed E-state index contributed by atoms with van der Waals surface area (Å²) in [5.74, 6) is -0.466. The lowest BCUT2D eigenvalue weighted by atomic mass is 9.96. The largest absolute Gasteiger partial charge is 0.385 e. The van der Waals surface area contributed by atoms with E-state index in [0.29, 0.717) is 17.0 Å². The highest BCUT2D eigenvalue weighted by Crippen LogP contribution is 2.53. The fraction of sp³-hybridized carbons (Fsp3) is 0.263. The Hall–Kier alpha value is -2.34. The van der Waals surface area contributed by atoms with Gasteiger partial charge < -0.3 is 5.32 Å². The van der Waals surface area contributed by atoms with Gasteiger partial charge in [0.25, 0.3) is 0 Å². The van der Waals surface area contributed by atoms with Crippen molar-refractivity contribution in [3.05, 3.63) is 65.0 Å². The van der Waals surface area contributed by atoms with Crippen molar-refractivity contribution in [2.45, 2.75) is 25.1 Å². The highest BCUT2D eigenvalue weighted by atomic mass is 32.2. The number of aryl methyl sites for hydroxylation is 1. The van der Waals surface area contributed by atoms with Gasteiger partial charge in [-0.3, -0.25) is 4.79 Å². The highest BCUT2D eigenvalue weighted by molar-refractivity contribution is 8.15. The minimum Gasteiger partial charge on any atom is -0.385 e. The van der Waals surface area contributed by atoms with Crippen LogP contribution < -0.4 is 5.32 Å². The molecule has 1 N–H and O–H groups in total. The van der Waals surface area contributed by atoms with Crippen LogP contribution in [0.3, 0.4) is 0 Å². The van der Waals surface area contributed by atoms with E-state index in [1.165, 1.54) is 29.8 Å². The number of hydrogen-bond acceptors (Lipinski definition) is 4. The molecule has 2 aromatic rings. The molecule has 1 amide bonds. The molecule has 0 aliphatic carbocycles. The van der Waals surface area contributed by atoms with Crippen molar-refractivity contribution in [3.63, 3.8) is 0 Å². The number of hydrazone groups is 1. The average Bonchev–Trinajstić information content (AvgIpc) is 2.98. The number of rotatable bonds is 1. The van der Waals surface area contributed by atoms with Crippen LogP contribution in [-0.2, 0) is 9.67 Å². The summed E-state index contributed by atoms with van der Waals surface area (Å²) in [4.78, 5) is 11.7. The molecule has 25 heavy (non-hydrogen) atoms. The highest BCUT2D eigenvalue weighted by Gasteiger charge is 2.50. The molecule has 2 aliphatic rings. The van der Waals surface area contributed by atoms with Crippen LogP contribution in [0.4, 0.5) is 10.1 Å². The van der Waals surface area contributed by atoms with Gasteiger partial charge in [-0.15, -0.1) is 0 Å². The molecule has 4 rings (SSSR count). The van der Waals surface area contributed by atoms with Crippen molar-refractivity contribution in [2.24, 2.45) is 5.10 Å². The Balaban J connectivity index is 1.85. The Morgan fingerprint density at radius 3 is 2.92 bits per heavy atom. The molecule has 2 heterocycles. The van der Waals surface area contributed by atoms with E-state index in [9.17, 15) is 9.18 Å². The molecule has 0 saturated heterocycles. The molecule has 2 aliphatic heterocycles. The van der Waals surface area contributed by atoms with E-state index < -0.39 is 4.87 Å². The van der Waals surface area contributed by atoms with E-state index in [0.717, 1.165) is 23.4 Å². The van der Waals surface area contributed by atoms with Crippen LogP contribution in [0.5, 0.6) is 0 Å². The number of para-hydroxylation sites is 1. The van der Waals surface area contributed by atoms with Crippen LogP contribution in [0, 0.1) is 12.7 Å². The van der Waals surface area contributed by atoms with Crippen molar-refractivity contribution < 1.29 is 9.18 Å². The van der Waals surface area contributed by atoms with Gasteiger partial charge in [-0.2, -0.15) is 5.10 Å². The van der Waals surface area contributed by atoms with Gasteiger partial charge >= 0.3 is 0 Å². The van der Waals surface area contributed by atoms with Gasteiger partial charge in [0, 0.05) is 36.7 Å². The lowest BCUT2D eigenvalue weighted by Crippen LogP contribution is -2.44. The molecule has 0 bridgehead atoms. The summed E-state index contributed by atoms with van der Waals surface area (Å²) in [5, 5.41) is 9.97. The van der Waals surface area contributed by atoms with Gasteiger partial charge in [0.2, 0.25) is 5.91 Å². The number of thioether (sulfide) groups is 1. The number of amides is 1. The van der Waals surface area contributed by atoms with E-state index in [1.54, 1.807) is 12.1 Å². The van der Waals surface area contributed by atoms with Crippen molar-refractivity contribution in [1.29, 1.82) is 0 Å². The van der Waals surface area contributed by atoms with Gasteiger partial charge in [-0.1, -0.05) is 41.6 Å². The van der Waals surface area contributed by atoms with Crippen molar-refractivity contribution >= 4 is 28.4 Å². The second kappa shape index (κ2) is 5.88. The quantitative estimate of drug-likeness (QED) is 0.839.